The summed E-state index contributed by atoms with van der Waals surface area (Å²) in [6.45, 7) is 3.04. The van der Waals surface area contributed by atoms with Crippen molar-refractivity contribution in [2.75, 3.05) is 26.0 Å². The summed E-state index contributed by atoms with van der Waals surface area (Å²) in [6, 6.07) is 4.80. The minimum atomic E-state index is -3.37. The highest BCUT2D eigenvalue weighted by atomic mass is 32.2. The van der Waals surface area contributed by atoms with Crippen LogP contribution in [0.2, 0.25) is 0 Å². The number of hydrogen-bond acceptors (Lipinski definition) is 6. The molecule has 3 rings (SSSR count). The van der Waals surface area contributed by atoms with Crippen LogP contribution in [-0.2, 0) is 14.6 Å². The van der Waals surface area contributed by atoms with Gasteiger partial charge in [-0.3, -0.25) is 4.79 Å². The molecule has 128 valence electrons. The van der Waals surface area contributed by atoms with E-state index < -0.39 is 9.84 Å². The summed E-state index contributed by atoms with van der Waals surface area (Å²) in [4.78, 5) is 18.9. The first kappa shape index (κ1) is 17.1. The van der Waals surface area contributed by atoms with E-state index in [-0.39, 0.29) is 16.9 Å². The number of morpholine rings is 1. The van der Waals surface area contributed by atoms with Gasteiger partial charge in [-0.15, -0.1) is 11.3 Å². The summed E-state index contributed by atoms with van der Waals surface area (Å²) in [5, 5.41) is 2.71. The number of thiazole rings is 1. The number of hydrogen-bond donors (Lipinski definition) is 0. The second-order valence-corrected chi connectivity index (χ2v) is 8.64. The highest BCUT2D eigenvalue weighted by molar-refractivity contribution is 7.90. The largest absolute Gasteiger partial charge is 0.367 e. The summed E-state index contributed by atoms with van der Waals surface area (Å²) >= 11 is 1.49. The number of rotatable bonds is 3. The molecule has 1 aromatic heterocycles. The minimum Gasteiger partial charge on any atom is -0.367 e. The molecule has 0 spiro atoms. The second-order valence-electron chi connectivity index (χ2n) is 5.73. The van der Waals surface area contributed by atoms with Crippen molar-refractivity contribution >= 4 is 27.1 Å². The fourth-order valence-corrected chi connectivity index (χ4v) is 4.36. The number of carbonyl (C=O) groups excluding carboxylic acids is 1. The molecule has 0 radical (unpaired) electrons. The Labute approximate surface area is 145 Å². The Balaban J connectivity index is 1.84. The average Bonchev–Trinajstić information content (AvgIpc) is 3.08. The first-order chi connectivity index (χ1) is 11.4. The fourth-order valence-electron chi connectivity index (χ4n) is 2.69. The van der Waals surface area contributed by atoms with Crippen LogP contribution < -0.4 is 0 Å². The molecule has 1 saturated heterocycles. The summed E-state index contributed by atoms with van der Waals surface area (Å²) in [7, 11) is -3.37. The maximum absolute atomic E-state index is 12.8. The van der Waals surface area contributed by atoms with E-state index in [9.17, 15) is 13.2 Å². The van der Waals surface area contributed by atoms with Crippen LogP contribution >= 0.6 is 11.3 Å². The van der Waals surface area contributed by atoms with Crippen LogP contribution in [0.15, 0.2) is 34.7 Å². The fraction of sp³-hybridized carbons (Fsp3) is 0.375. The molecule has 0 bridgehead atoms. The van der Waals surface area contributed by atoms with E-state index in [1.165, 1.54) is 17.4 Å². The number of nitrogens with zero attached hydrogens (tertiary/aromatic N) is 2. The molecule has 1 atom stereocenters. The standard InChI is InChI=1S/C16H18N2O4S2/c1-11-3-4-12(9-14(11)24(2,20)21)16(19)18-6-7-22-13(10-18)15-17-5-8-23-15/h3-5,8-9,13H,6-7,10H2,1-2H3. The minimum absolute atomic E-state index is 0.190. The molecule has 2 heterocycles. The van der Waals surface area contributed by atoms with Crippen molar-refractivity contribution in [1.82, 2.24) is 9.88 Å². The highest BCUT2D eigenvalue weighted by Gasteiger charge is 2.28. The predicted octanol–water partition coefficient (Wildman–Crippen LogP) is 2.07. The molecule has 0 N–H and O–H groups in total. The second kappa shape index (κ2) is 6.62. The number of ether oxygens (including phenoxy) is 1. The van der Waals surface area contributed by atoms with Crippen molar-refractivity contribution in [3.8, 4) is 0 Å². The zero-order valence-corrected chi connectivity index (χ0v) is 15.1. The number of carbonyl (C=O) groups is 1. The lowest BCUT2D eigenvalue weighted by Gasteiger charge is -2.32. The van der Waals surface area contributed by atoms with Gasteiger partial charge in [0.1, 0.15) is 11.1 Å². The zero-order chi connectivity index (χ0) is 17.3. The van der Waals surface area contributed by atoms with Gasteiger partial charge in [0.05, 0.1) is 18.0 Å². The van der Waals surface area contributed by atoms with Crippen molar-refractivity contribution in [2.45, 2.75) is 17.9 Å². The lowest BCUT2D eigenvalue weighted by atomic mass is 10.1. The van der Waals surface area contributed by atoms with E-state index in [4.69, 9.17) is 4.74 Å². The van der Waals surface area contributed by atoms with Crippen LogP contribution in [0.5, 0.6) is 0 Å². The van der Waals surface area contributed by atoms with Crippen molar-refractivity contribution in [2.24, 2.45) is 0 Å². The van der Waals surface area contributed by atoms with Gasteiger partial charge in [-0.05, 0) is 24.6 Å². The van der Waals surface area contributed by atoms with Crippen LogP contribution in [-0.4, -0.2) is 50.2 Å². The van der Waals surface area contributed by atoms with Crippen molar-refractivity contribution < 1.29 is 17.9 Å². The zero-order valence-electron chi connectivity index (χ0n) is 13.4. The molecule has 2 aromatic rings. The third-order valence-corrected chi connectivity index (χ3v) is 6.02. The highest BCUT2D eigenvalue weighted by Crippen LogP contribution is 2.25. The van der Waals surface area contributed by atoms with Gasteiger partial charge < -0.3 is 9.64 Å². The molecule has 1 aromatic carbocycles. The van der Waals surface area contributed by atoms with Crippen molar-refractivity contribution in [3.05, 3.63) is 45.9 Å². The molecule has 0 aliphatic carbocycles. The topological polar surface area (TPSA) is 76.6 Å². The van der Waals surface area contributed by atoms with Gasteiger partial charge in [0.25, 0.3) is 5.91 Å². The Morgan fingerprint density at radius 2 is 2.21 bits per heavy atom. The summed E-state index contributed by atoms with van der Waals surface area (Å²) in [5.41, 5.74) is 1.01. The smallest absolute Gasteiger partial charge is 0.254 e. The van der Waals surface area contributed by atoms with Crippen molar-refractivity contribution in [1.29, 1.82) is 0 Å². The summed E-state index contributed by atoms with van der Waals surface area (Å²) in [5.74, 6) is -0.190. The van der Waals surface area contributed by atoms with Gasteiger partial charge in [0.2, 0.25) is 0 Å². The lowest BCUT2D eigenvalue weighted by Crippen LogP contribution is -2.42. The first-order valence-corrected chi connectivity index (χ1v) is 10.2. The van der Waals surface area contributed by atoms with Gasteiger partial charge >= 0.3 is 0 Å². The van der Waals surface area contributed by atoms with Crippen LogP contribution in [0, 0.1) is 6.92 Å². The molecule has 1 aliphatic rings. The lowest BCUT2D eigenvalue weighted by molar-refractivity contribution is -0.0229. The average molecular weight is 366 g/mol. The Bertz CT molecular complexity index is 847. The number of benzene rings is 1. The Morgan fingerprint density at radius 1 is 1.42 bits per heavy atom. The third kappa shape index (κ3) is 3.50. The third-order valence-electron chi connectivity index (χ3n) is 3.92. The van der Waals surface area contributed by atoms with Crippen molar-refractivity contribution in [3.63, 3.8) is 0 Å². The molecule has 1 fully saturated rings. The van der Waals surface area contributed by atoms with Crippen LogP contribution in [0.25, 0.3) is 0 Å². The van der Waals surface area contributed by atoms with Crippen LogP contribution in [0.1, 0.15) is 27.0 Å². The first-order valence-electron chi connectivity index (χ1n) is 7.47. The van der Waals surface area contributed by atoms with E-state index in [2.05, 4.69) is 4.98 Å². The molecular weight excluding hydrogens is 348 g/mol. The van der Waals surface area contributed by atoms with Gasteiger partial charge in [-0.1, -0.05) is 6.07 Å². The molecule has 6 nitrogen and oxygen atoms in total. The van der Waals surface area contributed by atoms with Crippen LogP contribution in [0.3, 0.4) is 0 Å². The van der Waals surface area contributed by atoms with Gasteiger partial charge in [-0.2, -0.15) is 0 Å². The van der Waals surface area contributed by atoms with Gasteiger partial charge in [0, 0.05) is 29.9 Å². The Morgan fingerprint density at radius 3 is 2.88 bits per heavy atom. The summed E-state index contributed by atoms with van der Waals surface area (Å²) in [6.07, 6.45) is 2.63. The Kier molecular flexibility index (Phi) is 4.71. The van der Waals surface area contributed by atoms with E-state index in [0.717, 1.165) is 11.3 Å². The van der Waals surface area contributed by atoms with E-state index in [0.29, 0.717) is 30.8 Å². The van der Waals surface area contributed by atoms with Gasteiger partial charge in [0.15, 0.2) is 9.84 Å². The van der Waals surface area contributed by atoms with E-state index >= 15 is 0 Å². The predicted molar refractivity (Wildman–Crippen MR) is 91.0 cm³/mol. The van der Waals surface area contributed by atoms with Crippen LogP contribution in [0.4, 0.5) is 0 Å². The summed E-state index contributed by atoms with van der Waals surface area (Å²) < 4.78 is 29.4. The number of amides is 1. The SMILES string of the molecule is Cc1ccc(C(=O)N2CCOC(c3nccs3)C2)cc1S(C)(=O)=O. The molecule has 0 saturated carbocycles. The maximum Gasteiger partial charge on any atom is 0.254 e. The monoisotopic (exact) mass is 366 g/mol. The molecular formula is C16H18N2O4S2. The normalized spacial score (nSPS) is 18.6. The number of aromatic nitrogens is 1. The number of sulfone groups is 1. The van der Waals surface area contributed by atoms with Gasteiger partial charge in [-0.25, -0.2) is 13.4 Å². The van der Waals surface area contributed by atoms with E-state index in [1.54, 1.807) is 30.2 Å². The maximum atomic E-state index is 12.8. The van der Waals surface area contributed by atoms with E-state index in [1.807, 2.05) is 5.38 Å². The quantitative estimate of drug-likeness (QED) is 0.831. The number of aryl methyl sites for hydroxylation is 1. The molecule has 1 unspecified atom stereocenters. The molecule has 1 amide bonds. The molecule has 1 aliphatic heterocycles. The Hall–Kier alpha value is -1.77. The molecule has 24 heavy (non-hydrogen) atoms. The molecule has 8 heteroatoms.